The molecule has 0 aliphatic heterocycles. The van der Waals surface area contributed by atoms with Crippen LogP contribution in [-0.2, 0) is 7.05 Å². The van der Waals surface area contributed by atoms with Crippen LogP contribution < -0.4 is 5.73 Å². The van der Waals surface area contributed by atoms with Gasteiger partial charge < -0.3 is 15.4 Å². The van der Waals surface area contributed by atoms with Gasteiger partial charge in [-0.05, 0) is 0 Å². The number of nitrogen functional groups attached to an aromatic ring is 1. The summed E-state index contributed by atoms with van der Waals surface area (Å²) < 4.78 is 1.31. The van der Waals surface area contributed by atoms with Crippen molar-refractivity contribution < 1.29 is 9.90 Å². The molecule has 11 heavy (non-hydrogen) atoms. The SMILES string of the molecule is Cn1c(S)nc(N)c1C(=O)O. The smallest absolute Gasteiger partial charge is 0.356 e. The van der Waals surface area contributed by atoms with Gasteiger partial charge in [-0.3, -0.25) is 0 Å². The number of rotatable bonds is 1. The number of hydrogen-bond donors (Lipinski definition) is 3. The van der Waals surface area contributed by atoms with Gasteiger partial charge in [0.15, 0.2) is 16.7 Å². The molecule has 1 heterocycles. The summed E-state index contributed by atoms with van der Waals surface area (Å²) in [6, 6.07) is 0. The van der Waals surface area contributed by atoms with Gasteiger partial charge >= 0.3 is 5.97 Å². The number of aromatic nitrogens is 2. The van der Waals surface area contributed by atoms with Crippen LogP contribution in [-0.4, -0.2) is 20.6 Å². The van der Waals surface area contributed by atoms with Gasteiger partial charge in [-0.2, -0.15) is 0 Å². The van der Waals surface area contributed by atoms with E-state index >= 15 is 0 Å². The summed E-state index contributed by atoms with van der Waals surface area (Å²) >= 11 is 3.89. The number of carboxylic acid groups (broad SMARTS) is 1. The van der Waals surface area contributed by atoms with Crippen molar-refractivity contribution in [3.05, 3.63) is 5.69 Å². The first kappa shape index (κ1) is 7.93. The number of thiol groups is 1. The predicted octanol–water partition coefficient (Wildman–Crippen LogP) is -0.0108. The lowest BCUT2D eigenvalue weighted by molar-refractivity contribution is 0.0687. The van der Waals surface area contributed by atoms with Crippen LogP contribution in [0, 0.1) is 0 Å². The van der Waals surface area contributed by atoms with Crippen molar-refractivity contribution >= 4 is 24.4 Å². The minimum Gasteiger partial charge on any atom is -0.476 e. The molecule has 0 saturated carbocycles. The molecule has 0 fully saturated rings. The van der Waals surface area contributed by atoms with E-state index < -0.39 is 5.97 Å². The average molecular weight is 173 g/mol. The van der Waals surface area contributed by atoms with Crippen LogP contribution in [0.5, 0.6) is 0 Å². The van der Waals surface area contributed by atoms with Gasteiger partial charge in [0.25, 0.3) is 0 Å². The Labute approximate surface area is 68.3 Å². The quantitative estimate of drug-likeness (QED) is 0.522. The lowest BCUT2D eigenvalue weighted by Gasteiger charge is -1.96. The normalized spacial score (nSPS) is 10.0. The van der Waals surface area contributed by atoms with E-state index in [1.165, 1.54) is 11.6 Å². The number of carboxylic acids is 1. The first-order chi connectivity index (χ1) is 5.04. The molecule has 0 aliphatic rings. The summed E-state index contributed by atoms with van der Waals surface area (Å²) in [5.41, 5.74) is 5.25. The number of nitrogens with zero attached hydrogens (tertiary/aromatic N) is 2. The highest BCUT2D eigenvalue weighted by Crippen LogP contribution is 2.14. The Morgan fingerprint density at radius 2 is 2.36 bits per heavy atom. The van der Waals surface area contributed by atoms with Crippen LogP contribution in [0.25, 0.3) is 0 Å². The molecular weight excluding hydrogens is 166 g/mol. The van der Waals surface area contributed by atoms with Gasteiger partial charge in [-0.15, -0.1) is 12.6 Å². The highest BCUT2D eigenvalue weighted by atomic mass is 32.1. The van der Waals surface area contributed by atoms with E-state index in [4.69, 9.17) is 10.8 Å². The topological polar surface area (TPSA) is 81.1 Å². The summed E-state index contributed by atoms with van der Waals surface area (Å²) in [5.74, 6) is -1.11. The standard InChI is InChI=1S/C5H7N3O2S/c1-8-2(4(9)10)3(6)7-5(8)11/h6H2,1H3,(H,7,11)(H,9,10). The molecule has 3 N–H and O–H groups in total. The fourth-order valence-corrected chi connectivity index (χ4v) is 0.968. The lowest BCUT2D eigenvalue weighted by atomic mass is 10.4. The zero-order valence-corrected chi connectivity index (χ0v) is 6.67. The van der Waals surface area contributed by atoms with Crippen LogP contribution in [0.4, 0.5) is 5.82 Å². The third kappa shape index (κ3) is 1.16. The van der Waals surface area contributed by atoms with E-state index in [2.05, 4.69) is 17.6 Å². The molecule has 0 atom stereocenters. The molecule has 0 unspecified atom stereocenters. The van der Waals surface area contributed by atoms with Crippen molar-refractivity contribution in [3.8, 4) is 0 Å². The monoisotopic (exact) mass is 173 g/mol. The Bertz CT molecular complexity index is 307. The van der Waals surface area contributed by atoms with Crippen molar-refractivity contribution in [2.45, 2.75) is 5.16 Å². The maximum atomic E-state index is 10.5. The van der Waals surface area contributed by atoms with Gasteiger partial charge in [0, 0.05) is 7.05 Å². The Kier molecular flexibility index (Phi) is 1.77. The largest absolute Gasteiger partial charge is 0.476 e. The molecule has 1 rings (SSSR count). The van der Waals surface area contributed by atoms with Gasteiger partial charge in [-0.1, -0.05) is 0 Å². The Morgan fingerprint density at radius 3 is 2.55 bits per heavy atom. The van der Waals surface area contributed by atoms with Crippen LogP contribution >= 0.6 is 12.6 Å². The lowest BCUT2D eigenvalue weighted by Crippen LogP contribution is -2.07. The van der Waals surface area contributed by atoms with Crippen molar-refractivity contribution in [2.24, 2.45) is 7.05 Å². The van der Waals surface area contributed by atoms with E-state index in [1.807, 2.05) is 0 Å². The number of carbonyl (C=O) groups is 1. The maximum absolute atomic E-state index is 10.5. The molecule has 5 nitrogen and oxygen atoms in total. The molecule has 0 aliphatic carbocycles. The molecule has 1 aromatic rings. The number of hydrogen-bond acceptors (Lipinski definition) is 4. The number of aromatic carboxylic acids is 1. The Balaban J connectivity index is 3.34. The third-order valence-electron chi connectivity index (χ3n) is 1.30. The van der Waals surface area contributed by atoms with Gasteiger partial charge in [-0.25, -0.2) is 9.78 Å². The van der Waals surface area contributed by atoms with Gasteiger partial charge in [0.05, 0.1) is 0 Å². The third-order valence-corrected chi connectivity index (χ3v) is 1.70. The molecule has 0 bridgehead atoms. The number of imidazole rings is 1. The molecular formula is C5H7N3O2S. The zero-order chi connectivity index (χ0) is 8.59. The molecule has 0 saturated heterocycles. The second-order valence-electron chi connectivity index (χ2n) is 2.01. The van der Waals surface area contributed by atoms with E-state index in [-0.39, 0.29) is 11.5 Å². The number of anilines is 1. The van der Waals surface area contributed by atoms with Crippen LogP contribution in [0.1, 0.15) is 10.5 Å². The van der Waals surface area contributed by atoms with Gasteiger partial charge in [0.1, 0.15) is 0 Å². The molecule has 0 radical (unpaired) electrons. The summed E-state index contributed by atoms with van der Waals surface area (Å²) in [6.07, 6.45) is 0. The predicted molar refractivity (Wildman–Crippen MR) is 41.8 cm³/mol. The fraction of sp³-hybridized carbons (Fsp3) is 0.200. The van der Waals surface area contributed by atoms with Crippen molar-refractivity contribution in [3.63, 3.8) is 0 Å². The van der Waals surface area contributed by atoms with Crippen LogP contribution in [0.3, 0.4) is 0 Å². The molecule has 1 aromatic heterocycles. The first-order valence-electron chi connectivity index (χ1n) is 2.78. The first-order valence-corrected chi connectivity index (χ1v) is 3.23. The van der Waals surface area contributed by atoms with E-state index in [9.17, 15) is 4.79 Å². The summed E-state index contributed by atoms with van der Waals surface area (Å²) in [7, 11) is 1.54. The second kappa shape index (κ2) is 2.46. The van der Waals surface area contributed by atoms with E-state index in [1.54, 1.807) is 0 Å². The van der Waals surface area contributed by atoms with Crippen molar-refractivity contribution in [1.29, 1.82) is 0 Å². The number of nitrogens with two attached hydrogens (primary N) is 1. The Hall–Kier alpha value is -1.17. The van der Waals surface area contributed by atoms with Crippen molar-refractivity contribution in [1.82, 2.24) is 9.55 Å². The highest BCUT2D eigenvalue weighted by molar-refractivity contribution is 7.80. The second-order valence-corrected chi connectivity index (χ2v) is 2.41. The molecule has 60 valence electrons. The minimum absolute atomic E-state index is 0.00926. The highest BCUT2D eigenvalue weighted by Gasteiger charge is 2.15. The van der Waals surface area contributed by atoms with Gasteiger partial charge in [0.2, 0.25) is 0 Å². The molecule has 0 spiro atoms. The van der Waals surface area contributed by atoms with Crippen LogP contribution in [0.15, 0.2) is 5.16 Å². The van der Waals surface area contributed by atoms with E-state index in [0.29, 0.717) is 5.16 Å². The minimum atomic E-state index is -1.10. The zero-order valence-electron chi connectivity index (χ0n) is 5.77. The maximum Gasteiger partial charge on any atom is 0.356 e. The summed E-state index contributed by atoms with van der Waals surface area (Å²) in [6.45, 7) is 0. The van der Waals surface area contributed by atoms with E-state index in [0.717, 1.165) is 0 Å². The molecule has 0 aromatic carbocycles. The molecule has 0 amide bonds. The average Bonchev–Trinajstić information content (AvgIpc) is 2.07. The van der Waals surface area contributed by atoms with Crippen LogP contribution in [0.2, 0.25) is 0 Å². The fourth-order valence-electron chi connectivity index (χ4n) is 0.761. The molecule has 6 heteroatoms. The summed E-state index contributed by atoms with van der Waals surface area (Å²) in [5, 5.41) is 8.88. The Morgan fingerprint density at radius 1 is 1.82 bits per heavy atom. The summed E-state index contributed by atoms with van der Waals surface area (Å²) in [4.78, 5) is 14.1. The van der Waals surface area contributed by atoms with Crippen molar-refractivity contribution in [2.75, 3.05) is 5.73 Å².